The molecule has 1 aliphatic carbocycles. The molecule has 1 amide bonds. The second-order valence-electron chi connectivity index (χ2n) is 5.61. The molecule has 5 nitrogen and oxygen atoms in total. The van der Waals surface area contributed by atoms with Crippen molar-refractivity contribution in [3.63, 3.8) is 0 Å². The largest absolute Gasteiger partial charge is 0.480 e. The number of carbonyl (C=O) groups excluding carboxylic acids is 1. The van der Waals surface area contributed by atoms with Crippen molar-refractivity contribution in [3.05, 3.63) is 33.8 Å². The summed E-state index contributed by atoms with van der Waals surface area (Å²) in [6.45, 7) is 0.729. The highest BCUT2D eigenvalue weighted by Crippen LogP contribution is 2.49. The van der Waals surface area contributed by atoms with Gasteiger partial charge in [0.15, 0.2) is 6.04 Å². The van der Waals surface area contributed by atoms with Crippen LogP contribution in [-0.2, 0) is 14.3 Å². The molecule has 1 aliphatic heterocycles. The number of rotatable bonds is 3. The summed E-state index contributed by atoms with van der Waals surface area (Å²) in [7, 11) is 0. The Morgan fingerprint density at radius 1 is 1.23 bits per heavy atom. The summed E-state index contributed by atoms with van der Waals surface area (Å²) in [5, 5.41) is 10.3. The number of carbonyl (C=O) groups is 2. The van der Waals surface area contributed by atoms with Crippen molar-refractivity contribution in [1.82, 2.24) is 4.90 Å². The molecule has 1 N–H and O–H groups in total. The summed E-state index contributed by atoms with van der Waals surface area (Å²) in [5.74, 6) is -1.30. The van der Waals surface area contributed by atoms with Gasteiger partial charge in [-0.2, -0.15) is 0 Å². The summed E-state index contributed by atoms with van der Waals surface area (Å²) in [6.07, 6.45) is 0.694. The molecule has 1 saturated carbocycles. The lowest BCUT2D eigenvalue weighted by Crippen LogP contribution is -2.53. The van der Waals surface area contributed by atoms with Crippen molar-refractivity contribution in [2.24, 2.45) is 5.92 Å². The third-order valence-corrected chi connectivity index (χ3v) is 4.55. The molecule has 22 heavy (non-hydrogen) atoms. The lowest BCUT2D eigenvalue weighted by Gasteiger charge is -2.33. The molecule has 3 atom stereocenters. The van der Waals surface area contributed by atoms with Crippen LogP contribution in [0.25, 0.3) is 0 Å². The topological polar surface area (TPSA) is 66.8 Å². The zero-order valence-corrected chi connectivity index (χ0v) is 13.2. The van der Waals surface area contributed by atoms with Crippen LogP contribution in [0.1, 0.15) is 17.9 Å². The Balaban J connectivity index is 1.73. The van der Waals surface area contributed by atoms with Gasteiger partial charge in [0.25, 0.3) is 0 Å². The minimum absolute atomic E-state index is 0.0431. The van der Waals surface area contributed by atoms with Crippen LogP contribution in [0.3, 0.4) is 0 Å². The molecule has 0 aromatic heterocycles. The number of hydrogen-bond acceptors (Lipinski definition) is 3. The summed E-state index contributed by atoms with van der Waals surface area (Å²) < 4.78 is 5.16. The van der Waals surface area contributed by atoms with Crippen LogP contribution in [0.4, 0.5) is 0 Å². The second-order valence-corrected chi connectivity index (χ2v) is 6.48. The number of amides is 1. The average molecular weight is 344 g/mol. The maximum Gasteiger partial charge on any atom is 0.328 e. The van der Waals surface area contributed by atoms with E-state index in [4.69, 9.17) is 27.9 Å². The highest BCUT2D eigenvalue weighted by molar-refractivity contribution is 6.34. The van der Waals surface area contributed by atoms with Crippen molar-refractivity contribution >= 4 is 35.1 Å². The number of benzene rings is 1. The van der Waals surface area contributed by atoms with E-state index in [1.807, 2.05) is 0 Å². The van der Waals surface area contributed by atoms with Gasteiger partial charge in [-0.25, -0.2) is 4.79 Å². The van der Waals surface area contributed by atoms with Gasteiger partial charge in [0, 0.05) is 22.5 Å². The number of hydrogen-bond donors (Lipinski definition) is 1. The lowest BCUT2D eigenvalue weighted by atomic mass is 10.1. The Hall–Kier alpha value is -1.30. The van der Waals surface area contributed by atoms with Crippen LogP contribution in [0.15, 0.2) is 18.2 Å². The molecule has 118 valence electrons. The summed E-state index contributed by atoms with van der Waals surface area (Å²) in [5.41, 5.74) is 0.927. The van der Waals surface area contributed by atoms with Gasteiger partial charge < -0.3 is 14.7 Å². The summed E-state index contributed by atoms with van der Waals surface area (Å²) in [6, 6.07) is 4.36. The molecule has 7 heteroatoms. The number of aliphatic carboxylic acids is 1. The quantitative estimate of drug-likeness (QED) is 0.915. The smallest absolute Gasteiger partial charge is 0.328 e. The fourth-order valence-corrected chi connectivity index (χ4v) is 3.45. The molecular formula is C15H15Cl2NO4. The number of halogens is 2. The Bertz CT molecular complexity index is 601. The first kappa shape index (κ1) is 15.6. The molecule has 1 aromatic carbocycles. The first-order chi connectivity index (χ1) is 10.5. The third kappa shape index (κ3) is 3.07. The van der Waals surface area contributed by atoms with Gasteiger partial charge >= 0.3 is 5.97 Å². The monoisotopic (exact) mass is 343 g/mol. The molecule has 2 fully saturated rings. The van der Waals surface area contributed by atoms with Crippen LogP contribution >= 0.6 is 23.2 Å². The molecule has 1 heterocycles. The highest BCUT2D eigenvalue weighted by atomic mass is 35.5. The van der Waals surface area contributed by atoms with E-state index in [2.05, 4.69) is 0 Å². The Kier molecular flexibility index (Phi) is 4.30. The van der Waals surface area contributed by atoms with Crippen molar-refractivity contribution in [2.45, 2.75) is 18.4 Å². The number of ether oxygens (including phenoxy) is 1. The van der Waals surface area contributed by atoms with Gasteiger partial charge in [0.1, 0.15) is 0 Å². The molecular weight excluding hydrogens is 329 g/mol. The van der Waals surface area contributed by atoms with E-state index in [9.17, 15) is 14.7 Å². The first-order valence-electron chi connectivity index (χ1n) is 7.04. The minimum Gasteiger partial charge on any atom is -0.480 e. The van der Waals surface area contributed by atoms with Crippen LogP contribution in [0.2, 0.25) is 10.0 Å². The average Bonchev–Trinajstić information content (AvgIpc) is 3.26. The summed E-state index contributed by atoms with van der Waals surface area (Å²) >= 11 is 12.0. The Morgan fingerprint density at radius 2 is 1.91 bits per heavy atom. The molecule has 3 unspecified atom stereocenters. The van der Waals surface area contributed by atoms with Gasteiger partial charge in [-0.1, -0.05) is 23.2 Å². The van der Waals surface area contributed by atoms with E-state index < -0.39 is 12.0 Å². The molecule has 1 aromatic rings. The maximum absolute atomic E-state index is 12.6. The van der Waals surface area contributed by atoms with Gasteiger partial charge in [-0.05, 0) is 36.1 Å². The fourth-order valence-electron chi connectivity index (χ4n) is 2.91. The standard InChI is InChI=1S/C15H15Cl2NO4/c16-9-3-8(4-10(17)5-9)11-6-12(11)14(19)18-1-2-22-7-13(18)15(20)21/h3-5,11-13H,1-2,6-7H2,(H,20,21). The molecule has 0 radical (unpaired) electrons. The number of morpholine rings is 1. The van der Waals surface area contributed by atoms with Gasteiger partial charge in [-0.15, -0.1) is 0 Å². The zero-order chi connectivity index (χ0) is 15.9. The molecule has 0 bridgehead atoms. The normalized spacial score (nSPS) is 27.5. The van der Waals surface area contributed by atoms with Crippen LogP contribution in [0, 0.1) is 5.92 Å². The molecule has 1 saturated heterocycles. The predicted octanol–water partition coefficient (Wildman–Crippen LogP) is 2.41. The van der Waals surface area contributed by atoms with Crippen molar-refractivity contribution < 1.29 is 19.4 Å². The van der Waals surface area contributed by atoms with E-state index in [1.165, 1.54) is 4.90 Å². The lowest BCUT2D eigenvalue weighted by molar-refractivity contribution is -0.158. The van der Waals surface area contributed by atoms with Crippen LogP contribution in [-0.4, -0.2) is 47.7 Å². The highest BCUT2D eigenvalue weighted by Gasteiger charge is 2.48. The number of nitrogens with zero attached hydrogens (tertiary/aromatic N) is 1. The van der Waals surface area contributed by atoms with Crippen LogP contribution < -0.4 is 0 Å². The van der Waals surface area contributed by atoms with Crippen molar-refractivity contribution in [3.8, 4) is 0 Å². The summed E-state index contributed by atoms with van der Waals surface area (Å²) in [4.78, 5) is 25.2. The van der Waals surface area contributed by atoms with E-state index >= 15 is 0 Å². The number of carboxylic acid groups (broad SMARTS) is 1. The van der Waals surface area contributed by atoms with E-state index in [0.717, 1.165) is 5.56 Å². The Labute approximate surface area is 137 Å². The maximum atomic E-state index is 12.6. The van der Waals surface area contributed by atoms with Crippen molar-refractivity contribution in [1.29, 1.82) is 0 Å². The van der Waals surface area contributed by atoms with E-state index in [-0.39, 0.29) is 24.3 Å². The first-order valence-corrected chi connectivity index (χ1v) is 7.80. The predicted molar refractivity (Wildman–Crippen MR) is 81.3 cm³/mol. The van der Waals surface area contributed by atoms with E-state index in [1.54, 1.807) is 18.2 Å². The SMILES string of the molecule is O=C(O)C1COCCN1C(=O)C1CC1c1cc(Cl)cc(Cl)c1. The molecule has 2 aliphatic rings. The van der Waals surface area contributed by atoms with Crippen molar-refractivity contribution in [2.75, 3.05) is 19.8 Å². The van der Waals surface area contributed by atoms with Crippen LogP contribution in [0.5, 0.6) is 0 Å². The molecule has 0 spiro atoms. The Morgan fingerprint density at radius 3 is 2.55 bits per heavy atom. The van der Waals surface area contributed by atoms with Gasteiger partial charge in [0.05, 0.1) is 13.2 Å². The minimum atomic E-state index is -1.03. The molecule has 3 rings (SSSR count). The van der Waals surface area contributed by atoms with Gasteiger partial charge in [0.2, 0.25) is 5.91 Å². The third-order valence-electron chi connectivity index (χ3n) is 4.12. The fraction of sp³-hybridized carbons (Fsp3) is 0.467. The number of carboxylic acids is 1. The van der Waals surface area contributed by atoms with Gasteiger partial charge in [-0.3, -0.25) is 4.79 Å². The zero-order valence-electron chi connectivity index (χ0n) is 11.7. The van der Waals surface area contributed by atoms with E-state index in [0.29, 0.717) is 29.6 Å². The second kappa shape index (κ2) is 6.07.